The third kappa shape index (κ3) is 3.35. The first-order chi connectivity index (χ1) is 12.0. The lowest BCUT2D eigenvalue weighted by atomic mass is 10.1. The summed E-state index contributed by atoms with van der Waals surface area (Å²) in [6.07, 6.45) is 0.131. The highest BCUT2D eigenvalue weighted by atomic mass is 35.5. The number of carbonyl (C=O) groups is 2. The van der Waals surface area contributed by atoms with Crippen LogP contribution in [0.25, 0.3) is 0 Å². The summed E-state index contributed by atoms with van der Waals surface area (Å²) in [7, 11) is 0. The lowest BCUT2D eigenvalue weighted by Gasteiger charge is -2.19. The largest absolute Gasteiger partial charge is 0.325 e. The van der Waals surface area contributed by atoms with Crippen LogP contribution < -0.4 is 10.2 Å². The number of nitrogens with one attached hydrogen (secondary N) is 1. The molecule has 1 N–H and O–H groups in total. The summed E-state index contributed by atoms with van der Waals surface area (Å²) in [5, 5.41) is 12.4. The lowest BCUT2D eigenvalue weighted by molar-refractivity contribution is -0.122. The molecule has 1 fully saturated rings. The Kier molecular flexibility index (Phi) is 4.73. The van der Waals surface area contributed by atoms with Crippen LogP contribution in [0, 0.1) is 24.2 Å². The van der Waals surface area contributed by atoms with Crippen LogP contribution in [0.2, 0.25) is 5.02 Å². The minimum atomic E-state index is -0.474. The van der Waals surface area contributed by atoms with Gasteiger partial charge in [0.2, 0.25) is 11.8 Å². The first-order valence-electron chi connectivity index (χ1n) is 7.86. The molecule has 0 spiro atoms. The number of nitrogens with zero attached hydrogens (tertiary/aromatic N) is 2. The number of anilines is 2. The minimum Gasteiger partial charge on any atom is -0.325 e. The highest BCUT2D eigenvalue weighted by molar-refractivity contribution is 6.31. The molecule has 1 saturated heterocycles. The van der Waals surface area contributed by atoms with E-state index in [0.717, 1.165) is 11.3 Å². The minimum absolute atomic E-state index is 0.112. The Morgan fingerprint density at radius 1 is 1.28 bits per heavy atom. The van der Waals surface area contributed by atoms with E-state index in [9.17, 15) is 9.59 Å². The zero-order valence-electron chi connectivity index (χ0n) is 13.6. The van der Waals surface area contributed by atoms with Gasteiger partial charge in [0.05, 0.1) is 17.2 Å². The van der Waals surface area contributed by atoms with Gasteiger partial charge < -0.3 is 10.2 Å². The Balaban J connectivity index is 1.77. The monoisotopic (exact) mass is 353 g/mol. The van der Waals surface area contributed by atoms with E-state index in [-0.39, 0.29) is 18.2 Å². The average Bonchev–Trinajstić information content (AvgIpc) is 2.99. The predicted molar refractivity (Wildman–Crippen MR) is 96.4 cm³/mol. The van der Waals surface area contributed by atoms with Gasteiger partial charge in [-0.05, 0) is 36.8 Å². The van der Waals surface area contributed by atoms with Gasteiger partial charge in [0.1, 0.15) is 6.07 Å². The molecule has 1 unspecified atom stereocenters. The topological polar surface area (TPSA) is 73.2 Å². The van der Waals surface area contributed by atoms with Crippen molar-refractivity contribution in [2.75, 3.05) is 16.8 Å². The quantitative estimate of drug-likeness (QED) is 0.917. The van der Waals surface area contributed by atoms with E-state index in [1.54, 1.807) is 41.3 Å². The first-order valence-corrected chi connectivity index (χ1v) is 8.24. The van der Waals surface area contributed by atoms with Crippen LogP contribution in [0.3, 0.4) is 0 Å². The SMILES string of the molecule is Cc1c(Cl)cccc1N1CC(C(=O)Nc2ccccc2C#N)CC1=O. The Morgan fingerprint density at radius 3 is 2.80 bits per heavy atom. The van der Waals surface area contributed by atoms with Gasteiger partial charge in [0, 0.05) is 23.7 Å². The molecule has 1 atom stereocenters. The van der Waals surface area contributed by atoms with Gasteiger partial charge in [-0.1, -0.05) is 29.8 Å². The third-order valence-corrected chi connectivity index (χ3v) is 4.74. The maximum Gasteiger partial charge on any atom is 0.229 e. The molecule has 6 heteroatoms. The zero-order chi connectivity index (χ0) is 18.0. The smallest absolute Gasteiger partial charge is 0.229 e. The Morgan fingerprint density at radius 2 is 2.04 bits per heavy atom. The van der Waals surface area contributed by atoms with E-state index in [2.05, 4.69) is 5.32 Å². The van der Waals surface area contributed by atoms with Crippen LogP contribution in [-0.4, -0.2) is 18.4 Å². The van der Waals surface area contributed by atoms with Crippen molar-refractivity contribution < 1.29 is 9.59 Å². The van der Waals surface area contributed by atoms with Gasteiger partial charge >= 0.3 is 0 Å². The molecule has 2 amide bonds. The second-order valence-corrected chi connectivity index (χ2v) is 6.34. The summed E-state index contributed by atoms with van der Waals surface area (Å²) >= 11 is 6.13. The number of halogens is 1. The summed E-state index contributed by atoms with van der Waals surface area (Å²) in [5.41, 5.74) is 2.39. The third-order valence-electron chi connectivity index (χ3n) is 4.33. The van der Waals surface area contributed by atoms with Crippen molar-refractivity contribution in [3.63, 3.8) is 0 Å². The molecule has 2 aromatic carbocycles. The van der Waals surface area contributed by atoms with Crippen molar-refractivity contribution in [2.45, 2.75) is 13.3 Å². The molecule has 1 aliphatic rings. The first kappa shape index (κ1) is 17.0. The highest BCUT2D eigenvalue weighted by Crippen LogP contribution is 2.32. The van der Waals surface area contributed by atoms with Gasteiger partial charge in [-0.15, -0.1) is 0 Å². The van der Waals surface area contributed by atoms with Crippen LogP contribution in [0.5, 0.6) is 0 Å². The Bertz CT molecular complexity index is 888. The van der Waals surface area contributed by atoms with Crippen LogP contribution in [-0.2, 0) is 9.59 Å². The zero-order valence-corrected chi connectivity index (χ0v) is 14.4. The second kappa shape index (κ2) is 6.96. The standard InChI is InChI=1S/C19H16ClN3O2/c1-12-15(20)6-4-8-17(12)23-11-14(9-18(23)24)19(25)22-16-7-3-2-5-13(16)10-21/h2-8,14H,9,11H2,1H3,(H,22,25). The van der Waals surface area contributed by atoms with Crippen LogP contribution in [0.15, 0.2) is 42.5 Å². The molecular weight excluding hydrogens is 338 g/mol. The van der Waals surface area contributed by atoms with Gasteiger partial charge in [-0.25, -0.2) is 0 Å². The van der Waals surface area contributed by atoms with Crippen molar-refractivity contribution in [3.8, 4) is 6.07 Å². The number of amides is 2. The van der Waals surface area contributed by atoms with Gasteiger partial charge in [0.25, 0.3) is 0 Å². The lowest BCUT2D eigenvalue weighted by Crippen LogP contribution is -2.28. The van der Waals surface area contributed by atoms with Crippen molar-refractivity contribution in [1.82, 2.24) is 0 Å². The molecule has 25 heavy (non-hydrogen) atoms. The molecule has 1 aliphatic heterocycles. The summed E-state index contributed by atoms with van der Waals surface area (Å²) in [4.78, 5) is 26.5. The van der Waals surface area contributed by atoms with Gasteiger partial charge in [0.15, 0.2) is 0 Å². The van der Waals surface area contributed by atoms with Crippen molar-refractivity contribution >= 4 is 34.8 Å². The second-order valence-electron chi connectivity index (χ2n) is 5.94. The number of rotatable bonds is 3. The average molecular weight is 354 g/mol. The van der Waals surface area contributed by atoms with Crippen LogP contribution in [0.1, 0.15) is 17.5 Å². The molecule has 3 rings (SSSR count). The van der Waals surface area contributed by atoms with E-state index in [1.807, 2.05) is 19.1 Å². The van der Waals surface area contributed by atoms with E-state index in [0.29, 0.717) is 22.8 Å². The van der Waals surface area contributed by atoms with Crippen molar-refractivity contribution in [2.24, 2.45) is 5.92 Å². The van der Waals surface area contributed by atoms with Crippen molar-refractivity contribution in [1.29, 1.82) is 5.26 Å². The Hall–Kier alpha value is -2.84. The Labute approximate surface area is 150 Å². The summed E-state index contributed by atoms with van der Waals surface area (Å²) < 4.78 is 0. The molecule has 0 aliphatic carbocycles. The number of nitriles is 1. The van der Waals surface area contributed by atoms with E-state index >= 15 is 0 Å². The fourth-order valence-corrected chi connectivity index (χ4v) is 3.10. The number of hydrogen-bond donors (Lipinski definition) is 1. The molecule has 0 saturated carbocycles. The summed E-state index contributed by atoms with van der Waals surface area (Å²) in [6.45, 7) is 2.14. The highest BCUT2D eigenvalue weighted by Gasteiger charge is 2.36. The maximum atomic E-state index is 12.5. The number of carbonyl (C=O) groups excluding carboxylic acids is 2. The molecular formula is C19H16ClN3O2. The predicted octanol–water partition coefficient (Wildman–Crippen LogP) is 3.51. The van der Waals surface area contributed by atoms with Crippen LogP contribution in [0.4, 0.5) is 11.4 Å². The summed E-state index contributed by atoms with van der Waals surface area (Å²) in [5.74, 6) is -0.852. The number of hydrogen-bond acceptors (Lipinski definition) is 3. The molecule has 0 bridgehead atoms. The molecule has 126 valence electrons. The number of para-hydroxylation sites is 1. The fourth-order valence-electron chi connectivity index (χ4n) is 2.93. The van der Waals surface area contributed by atoms with E-state index in [4.69, 9.17) is 16.9 Å². The fraction of sp³-hybridized carbons (Fsp3) is 0.211. The molecule has 2 aromatic rings. The molecule has 1 heterocycles. The van der Waals surface area contributed by atoms with Gasteiger partial charge in [-0.3, -0.25) is 9.59 Å². The van der Waals surface area contributed by atoms with E-state index in [1.165, 1.54) is 0 Å². The molecule has 0 radical (unpaired) electrons. The van der Waals surface area contributed by atoms with Gasteiger partial charge in [-0.2, -0.15) is 5.26 Å². The van der Waals surface area contributed by atoms with Crippen molar-refractivity contribution in [3.05, 3.63) is 58.6 Å². The maximum absolute atomic E-state index is 12.5. The number of benzene rings is 2. The summed E-state index contributed by atoms with van der Waals surface area (Å²) in [6, 6.07) is 14.2. The van der Waals surface area contributed by atoms with E-state index < -0.39 is 5.92 Å². The normalized spacial score (nSPS) is 16.6. The molecule has 0 aromatic heterocycles. The van der Waals surface area contributed by atoms with Crippen LogP contribution >= 0.6 is 11.6 Å². The molecule has 5 nitrogen and oxygen atoms in total.